The molecule has 2 N–H and O–H groups in total. The number of carboxylic acids is 1. The predicted octanol–water partition coefficient (Wildman–Crippen LogP) is 5.31. The SMILES string of the molecule is Br.O=C(O)c1ccc(CN(Cc2nc3ccccc3[nH]2)C2CCCc3cccnc32)cc1. The molecule has 1 unspecified atom stereocenters. The van der Waals surface area contributed by atoms with Gasteiger partial charge in [-0.3, -0.25) is 9.88 Å². The molecule has 0 amide bonds. The second-order valence-corrected chi connectivity index (χ2v) is 8.06. The van der Waals surface area contributed by atoms with E-state index in [9.17, 15) is 9.90 Å². The van der Waals surface area contributed by atoms with Gasteiger partial charge in [-0.2, -0.15) is 0 Å². The fourth-order valence-electron chi connectivity index (χ4n) is 4.48. The lowest BCUT2D eigenvalue weighted by molar-refractivity contribution is 0.0697. The smallest absolute Gasteiger partial charge is 0.335 e. The standard InChI is InChI=1S/C25H24N4O2.BrH/c30-25(31)19-12-10-17(11-13-19)15-29(16-23-27-20-7-1-2-8-21(20)28-23)22-9-3-5-18-6-4-14-26-24(18)22;/h1-2,4,6-8,10-14,22H,3,5,9,15-16H2,(H,27,28)(H,30,31);1H. The number of aryl methyl sites for hydroxylation is 1. The molecule has 0 saturated heterocycles. The van der Waals surface area contributed by atoms with Gasteiger partial charge < -0.3 is 10.1 Å². The van der Waals surface area contributed by atoms with Gasteiger partial charge in [0.2, 0.25) is 0 Å². The van der Waals surface area contributed by atoms with E-state index in [-0.39, 0.29) is 23.0 Å². The molecular formula is C25H25BrN4O2. The first-order valence-corrected chi connectivity index (χ1v) is 10.6. The van der Waals surface area contributed by atoms with Crippen molar-refractivity contribution in [1.29, 1.82) is 0 Å². The maximum atomic E-state index is 11.2. The van der Waals surface area contributed by atoms with Crippen molar-refractivity contribution >= 4 is 34.0 Å². The molecule has 6 nitrogen and oxygen atoms in total. The number of halogens is 1. The monoisotopic (exact) mass is 492 g/mol. The van der Waals surface area contributed by atoms with Crippen molar-refractivity contribution < 1.29 is 9.90 Å². The minimum Gasteiger partial charge on any atom is -0.478 e. The average Bonchev–Trinajstić information content (AvgIpc) is 3.21. The summed E-state index contributed by atoms with van der Waals surface area (Å²) >= 11 is 0. The molecule has 5 rings (SSSR count). The fraction of sp³-hybridized carbons (Fsp3) is 0.240. The second-order valence-electron chi connectivity index (χ2n) is 8.06. The normalized spacial score (nSPS) is 15.3. The number of carbonyl (C=O) groups is 1. The lowest BCUT2D eigenvalue weighted by Crippen LogP contribution is -2.31. The van der Waals surface area contributed by atoms with Crippen molar-refractivity contribution in [2.75, 3.05) is 0 Å². The third-order valence-corrected chi connectivity index (χ3v) is 5.98. The molecule has 0 fully saturated rings. The summed E-state index contributed by atoms with van der Waals surface area (Å²) in [5.74, 6) is 0.0162. The van der Waals surface area contributed by atoms with Gasteiger partial charge in [-0.25, -0.2) is 9.78 Å². The number of H-pyrrole nitrogens is 1. The number of carboxylic acid groups (broad SMARTS) is 1. The molecule has 2 aromatic carbocycles. The molecule has 32 heavy (non-hydrogen) atoms. The first kappa shape index (κ1) is 22.2. The van der Waals surface area contributed by atoms with Crippen molar-refractivity contribution in [3.05, 3.63) is 95.1 Å². The molecule has 0 bridgehead atoms. The quantitative estimate of drug-likeness (QED) is 0.380. The summed E-state index contributed by atoms with van der Waals surface area (Å²) in [6.07, 6.45) is 5.10. The molecule has 0 spiro atoms. The average molecular weight is 493 g/mol. The summed E-state index contributed by atoms with van der Waals surface area (Å²) in [5, 5.41) is 9.20. The molecule has 1 aliphatic rings. The highest BCUT2D eigenvalue weighted by Gasteiger charge is 2.28. The van der Waals surface area contributed by atoms with Gasteiger partial charge in [0, 0.05) is 12.7 Å². The van der Waals surface area contributed by atoms with Gasteiger partial charge in [-0.1, -0.05) is 30.3 Å². The molecule has 7 heteroatoms. The topological polar surface area (TPSA) is 82.1 Å². The van der Waals surface area contributed by atoms with E-state index in [0.29, 0.717) is 18.7 Å². The highest BCUT2D eigenvalue weighted by Crippen LogP contribution is 2.34. The summed E-state index contributed by atoms with van der Waals surface area (Å²) in [4.78, 5) is 26.6. The number of pyridine rings is 1. The van der Waals surface area contributed by atoms with Crippen molar-refractivity contribution in [3.8, 4) is 0 Å². The number of aromatic nitrogens is 3. The fourth-order valence-corrected chi connectivity index (χ4v) is 4.48. The molecule has 0 radical (unpaired) electrons. The van der Waals surface area contributed by atoms with Crippen LogP contribution >= 0.6 is 17.0 Å². The molecule has 0 aliphatic heterocycles. The first-order valence-electron chi connectivity index (χ1n) is 10.6. The Morgan fingerprint density at radius 1 is 1.06 bits per heavy atom. The van der Waals surface area contributed by atoms with Gasteiger partial charge in [0.25, 0.3) is 0 Å². The van der Waals surface area contributed by atoms with Crippen LogP contribution in [0.4, 0.5) is 0 Å². The number of para-hydroxylation sites is 2. The number of nitrogens with one attached hydrogen (secondary N) is 1. The molecule has 0 saturated carbocycles. The zero-order chi connectivity index (χ0) is 21.2. The second kappa shape index (κ2) is 9.63. The van der Waals surface area contributed by atoms with Crippen LogP contribution in [0.1, 0.15) is 51.9 Å². The Bertz CT molecular complexity index is 1190. The van der Waals surface area contributed by atoms with Crippen molar-refractivity contribution in [3.63, 3.8) is 0 Å². The van der Waals surface area contributed by atoms with Crippen LogP contribution in [0.25, 0.3) is 11.0 Å². The van der Waals surface area contributed by atoms with E-state index >= 15 is 0 Å². The van der Waals surface area contributed by atoms with Crippen LogP contribution in [0, 0.1) is 0 Å². The minimum atomic E-state index is -0.906. The van der Waals surface area contributed by atoms with E-state index < -0.39 is 5.97 Å². The minimum absolute atomic E-state index is 0. The number of benzene rings is 2. The first-order chi connectivity index (χ1) is 15.2. The van der Waals surface area contributed by atoms with Gasteiger partial charge in [-0.05, 0) is 60.7 Å². The Labute approximate surface area is 197 Å². The van der Waals surface area contributed by atoms with Gasteiger partial charge >= 0.3 is 5.97 Å². The van der Waals surface area contributed by atoms with Crippen LogP contribution in [0.2, 0.25) is 0 Å². The molecule has 2 heterocycles. The molecule has 1 aliphatic carbocycles. The lowest BCUT2D eigenvalue weighted by atomic mass is 9.90. The third kappa shape index (κ3) is 4.59. The summed E-state index contributed by atoms with van der Waals surface area (Å²) in [6, 6.07) is 19.6. The summed E-state index contributed by atoms with van der Waals surface area (Å²) in [7, 11) is 0. The summed E-state index contributed by atoms with van der Waals surface area (Å²) in [6.45, 7) is 1.35. The number of rotatable bonds is 6. The molecule has 1 atom stereocenters. The molecule has 164 valence electrons. The maximum absolute atomic E-state index is 11.2. The Kier molecular flexibility index (Phi) is 6.67. The molecular weight excluding hydrogens is 468 g/mol. The Hall–Kier alpha value is -3.03. The van der Waals surface area contributed by atoms with E-state index in [1.54, 1.807) is 12.1 Å². The number of aromatic carboxylic acids is 1. The zero-order valence-electron chi connectivity index (χ0n) is 17.6. The number of imidazole rings is 1. The van der Waals surface area contributed by atoms with E-state index in [2.05, 4.69) is 16.0 Å². The van der Waals surface area contributed by atoms with Crippen molar-refractivity contribution in [1.82, 2.24) is 19.9 Å². The maximum Gasteiger partial charge on any atom is 0.335 e. The van der Waals surface area contributed by atoms with Crippen LogP contribution in [0.5, 0.6) is 0 Å². The number of hydrogen-bond acceptors (Lipinski definition) is 4. The molecule has 4 aromatic rings. The summed E-state index contributed by atoms with van der Waals surface area (Å²) < 4.78 is 0. The number of nitrogens with zero attached hydrogens (tertiary/aromatic N) is 3. The Balaban J connectivity index is 0.00000245. The van der Waals surface area contributed by atoms with Gasteiger partial charge in [-0.15, -0.1) is 17.0 Å². The van der Waals surface area contributed by atoms with Crippen LogP contribution in [0.3, 0.4) is 0 Å². The number of hydrogen-bond donors (Lipinski definition) is 2. The number of aromatic amines is 1. The van der Waals surface area contributed by atoms with Crippen molar-refractivity contribution in [2.45, 2.75) is 38.4 Å². The highest BCUT2D eigenvalue weighted by molar-refractivity contribution is 8.93. The largest absolute Gasteiger partial charge is 0.478 e. The van der Waals surface area contributed by atoms with Crippen LogP contribution in [0.15, 0.2) is 66.9 Å². The van der Waals surface area contributed by atoms with E-state index in [4.69, 9.17) is 9.97 Å². The number of fused-ring (bicyclic) bond motifs is 2. The van der Waals surface area contributed by atoms with E-state index in [1.807, 2.05) is 48.7 Å². The van der Waals surface area contributed by atoms with E-state index in [0.717, 1.165) is 47.4 Å². The van der Waals surface area contributed by atoms with E-state index in [1.165, 1.54) is 5.56 Å². The van der Waals surface area contributed by atoms with Crippen LogP contribution in [-0.4, -0.2) is 30.9 Å². The predicted molar refractivity (Wildman–Crippen MR) is 129 cm³/mol. The Morgan fingerprint density at radius 2 is 1.88 bits per heavy atom. The Morgan fingerprint density at radius 3 is 2.66 bits per heavy atom. The molecule has 2 aromatic heterocycles. The van der Waals surface area contributed by atoms with Crippen LogP contribution in [-0.2, 0) is 19.5 Å². The third-order valence-electron chi connectivity index (χ3n) is 5.98. The highest BCUT2D eigenvalue weighted by atomic mass is 79.9. The zero-order valence-corrected chi connectivity index (χ0v) is 19.3. The van der Waals surface area contributed by atoms with Crippen molar-refractivity contribution in [2.24, 2.45) is 0 Å². The summed E-state index contributed by atoms with van der Waals surface area (Å²) in [5.41, 5.74) is 5.83. The van der Waals surface area contributed by atoms with Gasteiger partial charge in [0.15, 0.2) is 0 Å². The van der Waals surface area contributed by atoms with Crippen LogP contribution < -0.4 is 0 Å². The van der Waals surface area contributed by atoms with Gasteiger partial charge in [0.05, 0.1) is 34.9 Å². The lowest BCUT2D eigenvalue weighted by Gasteiger charge is -2.34. The van der Waals surface area contributed by atoms with Gasteiger partial charge in [0.1, 0.15) is 5.82 Å².